The summed E-state index contributed by atoms with van der Waals surface area (Å²) in [5.41, 5.74) is 0.895. The Kier molecular flexibility index (Phi) is 4.28. The lowest BCUT2D eigenvalue weighted by Crippen LogP contribution is -2.47. The van der Waals surface area contributed by atoms with Gasteiger partial charge in [-0.1, -0.05) is 25.4 Å². The Morgan fingerprint density at radius 2 is 2.10 bits per heavy atom. The molecular formula is C14H16ClFN2O2. The topological polar surface area (TPSA) is 58.2 Å². The molecular weight excluding hydrogens is 283 g/mol. The van der Waals surface area contributed by atoms with E-state index in [1.54, 1.807) is 6.07 Å². The third-order valence-electron chi connectivity index (χ3n) is 3.24. The van der Waals surface area contributed by atoms with Crippen molar-refractivity contribution in [2.45, 2.75) is 38.6 Å². The molecule has 1 aromatic rings. The first-order valence-corrected chi connectivity index (χ1v) is 6.85. The van der Waals surface area contributed by atoms with Crippen molar-refractivity contribution in [3.8, 4) is 0 Å². The van der Waals surface area contributed by atoms with E-state index in [4.69, 9.17) is 11.6 Å². The maximum Gasteiger partial charge on any atom is 0.249 e. The Morgan fingerprint density at radius 1 is 1.40 bits per heavy atom. The van der Waals surface area contributed by atoms with Crippen LogP contribution in [0.1, 0.15) is 38.2 Å². The van der Waals surface area contributed by atoms with Gasteiger partial charge in [0.05, 0.1) is 0 Å². The number of carbonyl (C=O) groups excluding carboxylic acids is 2. The quantitative estimate of drug-likeness (QED) is 0.844. The number of carbonyl (C=O) groups is 2. The van der Waals surface area contributed by atoms with Gasteiger partial charge in [-0.2, -0.15) is 0 Å². The van der Waals surface area contributed by atoms with Crippen molar-refractivity contribution in [2.24, 2.45) is 0 Å². The van der Waals surface area contributed by atoms with Crippen LogP contribution in [0.25, 0.3) is 0 Å². The van der Waals surface area contributed by atoms with Crippen LogP contribution in [0, 0.1) is 5.82 Å². The minimum Gasteiger partial charge on any atom is -0.374 e. The normalized spacial score (nSPS) is 19.1. The predicted octanol–water partition coefficient (Wildman–Crippen LogP) is 2.82. The zero-order valence-corrected chi connectivity index (χ0v) is 12.1. The van der Waals surface area contributed by atoms with Crippen LogP contribution in [0.5, 0.6) is 0 Å². The summed E-state index contributed by atoms with van der Waals surface area (Å²) in [5.74, 6) is -1.10. The number of amides is 2. The summed E-state index contributed by atoms with van der Waals surface area (Å²) in [4.78, 5) is 22.7. The van der Waals surface area contributed by atoms with Gasteiger partial charge in [0, 0.05) is 22.7 Å². The van der Waals surface area contributed by atoms with E-state index in [1.165, 1.54) is 6.07 Å². The molecule has 0 bridgehead atoms. The van der Waals surface area contributed by atoms with E-state index in [1.807, 2.05) is 13.8 Å². The Balaban J connectivity index is 2.18. The lowest BCUT2D eigenvalue weighted by atomic mass is 10.0. The summed E-state index contributed by atoms with van der Waals surface area (Å²) < 4.78 is 14.0. The van der Waals surface area contributed by atoms with E-state index < -0.39 is 17.8 Å². The molecule has 1 aliphatic heterocycles. The van der Waals surface area contributed by atoms with Crippen molar-refractivity contribution >= 4 is 29.1 Å². The SMILES string of the molecule is CC(C)c1c(F)cc(NC2CCC(=O)NC2=O)cc1Cl. The molecule has 1 heterocycles. The maximum atomic E-state index is 14.0. The van der Waals surface area contributed by atoms with Crippen LogP contribution in [0.15, 0.2) is 12.1 Å². The molecule has 1 atom stereocenters. The minimum absolute atomic E-state index is 0.0212. The second-order valence-corrected chi connectivity index (χ2v) is 5.56. The van der Waals surface area contributed by atoms with E-state index >= 15 is 0 Å². The van der Waals surface area contributed by atoms with Gasteiger partial charge in [-0.05, 0) is 24.5 Å². The smallest absolute Gasteiger partial charge is 0.249 e. The number of nitrogens with one attached hydrogen (secondary N) is 2. The van der Waals surface area contributed by atoms with Crippen molar-refractivity contribution in [2.75, 3.05) is 5.32 Å². The van der Waals surface area contributed by atoms with Crippen LogP contribution in [0.3, 0.4) is 0 Å². The average Bonchev–Trinajstić information content (AvgIpc) is 2.31. The molecule has 0 aliphatic carbocycles. The monoisotopic (exact) mass is 298 g/mol. The molecule has 2 rings (SSSR count). The van der Waals surface area contributed by atoms with Gasteiger partial charge in [0.25, 0.3) is 0 Å². The van der Waals surface area contributed by atoms with Gasteiger partial charge >= 0.3 is 0 Å². The maximum absolute atomic E-state index is 14.0. The highest BCUT2D eigenvalue weighted by atomic mass is 35.5. The van der Waals surface area contributed by atoms with Crippen molar-refractivity contribution in [3.63, 3.8) is 0 Å². The fourth-order valence-corrected chi connectivity index (χ4v) is 2.68. The molecule has 108 valence electrons. The number of hydrogen-bond acceptors (Lipinski definition) is 3. The molecule has 20 heavy (non-hydrogen) atoms. The highest BCUT2D eigenvalue weighted by Gasteiger charge is 2.26. The Morgan fingerprint density at radius 3 is 2.65 bits per heavy atom. The van der Waals surface area contributed by atoms with Crippen molar-refractivity contribution in [3.05, 3.63) is 28.5 Å². The summed E-state index contributed by atoms with van der Waals surface area (Å²) >= 11 is 6.07. The molecule has 1 aromatic carbocycles. The second-order valence-electron chi connectivity index (χ2n) is 5.16. The Labute approximate surface area is 121 Å². The molecule has 6 heteroatoms. The number of hydrogen-bond donors (Lipinski definition) is 2. The lowest BCUT2D eigenvalue weighted by molar-refractivity contribution is -0.133. The fourth-order valence-electron chi connectivity index (χ4n) is 2.25. The van der Waals surface area contributed by atoms with Gasteiger partial charge in [-0.3, -0.25) is 14.9 Å². The summed E-state index contributed by atoms with van der Waals surface area (Å²) in [7, 11) is 0. The van der Waals surface area contributed by atoms with Crippen molar-refractivity contribution in [1.82, 2.24) is 5.32 Å². The molecule has 0 spiro atoms. The zero-order valence-electron chi connectivity index (χ0n) is 11.3. The van der Waals surface area contributed by atoms with Gasteiger partial charge in [0.2, 0.25) is 11.8 Å². The van der Waals surface area contributed by atoms with E-state index in [0.29, 0.717) is 22.7 Å². The van der Waals surface area contributed by atoms with E-state index in [9.17, 15) is 14.0 Å². The first kappa shape index (κ1) is 14.8. The molecule has 1 aliphatic rings. The first-order valence-electron chi connectivity index (χ1n) is 6.47. The van der Waals surface area contributed by atoms with Gasteiger partial charge < -0.3 is 5.32 Å². The number of anilines is 1. The number of piperidine rings is 1. The number of benzene rings is 1. The minimum atomic E-state index is -0.548. The van der Waals surface area contributed by atoms with Crippen LogP contribution < -0.4 is 10.6 Å². The molecule has 1 saturated heterocycles. The van der Waals surface area contributed by atoms with E-state index in [2.05, 4.69) is 10.6 Å². The van der Waals surface area contributed by atoms with Crippen molar-refractivity contribution in [1.29, 1.82) is 0 Å². The molecule has 2 N–H and O–H groups in total. The summed E-state index contributed by atoms with van der Waals surface area (Å²) in [6.07, 6.45) is 0.652. The number of halogens is 2. The van der Waals surface area contributed by atoms with Crippen molar-refractivity contribution < 1.29 is 14.0 Å². The molecule has 4 nitrogen and oxygen atoms in total. The van der Waals surface area contributed by atoms with Crippen LogP contribution in [0.2, 0.25) is 5.02 Å². The standard InChI is InChI=1S/C14H16ClFN2O2/c1-7(2)13-9(15)5-8(6-10(13)16)17-11-3-4-12(19)18-14(11)20/h5-7,11,17H,3-4H2,1-2H3,(H,18,19,20). The van der Waals surface area contributed by atoms with Crippen LogP contribution >= 0.6 is 11.6 Å². The summed E-state index contributed by atoms with van der Waals surface area (Å²) in [6, 6.07) is 2.38. The third-order valence-corrected chi connectivity index (χ3v) is 3.55. The van der Waals surface area contributed by atoms with Crippen LogP contribution in [-0.4, -0.2) is 17.9 Å². The second kappa shape index (κ2) is 5.79. The van der Waals surface area contributed by atoms with Crippen LogP contribution in [-0.2, 0) is 9.59 Å². The number of imide groups is 1. The molecule has 1 unspecified atom stereocenters. The van der Waals surface area contributed by atoms with Gasteiger partial charge in [0.1, 0.15) is 11.9 Å². The molecule has 0 saturated carbocycles. The largest absolute Gasteiger partial charge is 0.374 e. The lowest BCUT2D eigenvalue weighted by Gasteiger charge is -2.23. The highest BCUT2D eigenvalue weighted by Crippen LogP contribution is 2.30. The van der Waals surface area contributed by atoms with E-state index in [0.717, 1.165) is 0 Å². The van der Waals surface area contributed by atoms with Gasteiger partial charge in [-0.25, -0.2) is 4.39 Å². The molecule has 2 amide bonds. The van der Waals surface area contributed by atoms with Crippen LogP contribution in [0.4, 0.5) is 10.1 Å². The molecule has 0 radical (unpaired) electrons. The Bertz CT molecular complexity index is 537. The zero-order chi connectivity index (χ0) is 14.9. The predicted molar refractivity (Wildman–Crippen MR) is 75.3 cm³/mol. The summed E-state index contributed by atoms with van der Waals surface area (Å²) in [5, 5.41) is 5.48. The fraction of sp³-hybridized carbons (Fsp3) is 0.429. The molecule has 0 aromatic heterocycles. The highest BCUT2D eigenvalue weighted by molar-refractivity contribution is 6.31. The third kappa shape index (κ3) is 3.10. The van der Waals surface area contributed by atoms with Gasteiger partial charge in [0.15, 0.2) is 0 Å². The first-order chi connectivity index (χ1) is 9.38. The van der Waals surface area contributed by atoms with Gasteiger partial charge in [-0.15, -0.1) is 0 Å². The molecule has 1 fully saturated rings. The number of rotatable bonds is 3. The van der Waals surface area contributed by atoms with E-state index in [-0.39, 0.29) is 18.2 Å². The Hall–Kier alpha value is -1.62. The summed E-state index contributed by atoms with van der Waals surface area (Å²) in [6.45, 7) is 3.72. The average molecular weight is 299 g/mol.